The first-order chi connectivity index (χ1) is 16.4. The number of benzene rings is 3. The van der Waals surface area contributed by atoms with E-state index in [4.69, 9.17) is 11.6 Å². The van der Waals surface area contributed by atoms with Gasteiger partial charge in [-0.05, 0) is 55.8 Å². The summed E-state index contributed by atoms with van der Waals surface area (Å²) < 4.78 is 1.62. The molecular formula is C26H24ClN5O2. The van der Waals surface area contributed by atoms with Gasteiger partial charge in [0.2, 0.25) is 0 Å². The van der Waals surface area contributed by atoms with Crippen LogP contribution in [0.3, 0.4) is 0 Å². The van der Waals surface area contributed by atoms with Crippen LogP contribution in [0, 0.1) is 13.8 Å². The second-order valence-corrected chi connectivity index (χ2v) is 8.23. The van der Waals surface area contributed by atoms with Crippen molar-refractivity contribution >= 4 is 40.6 Å². The Kier molecular flexibility index (Phi) is 6.94. The van der Waals surface area contributed by atoms with Gasteiger partial charge in [-0.25, -0.2) is 9.48 Å². The Morgan fingerprint density at radius 2 is 1.35 bits per heavy atom. The van der Waals surface area contributed by atoms with E-state index in [-0.39, 0.29) is 17.1 Å². The summed E-state index contributed by atoms with van der Waals surface area (Å²) >= 11 is 6.51. The highest BCUT2D eigenvalue weighted by molar-refractivity contribution is 6.33. The number of aryl methyl sites for hydroxylation is 2. The molecule has 3 aromatic carbocycles. The Morgan fingerprint density at radius 1 is 0.794 bits per heavy atom. The fourth-order valence-electron chi connectivity index (χ4n) is 3.43. The number of anilines is 3. The summed E-state index contributed by atoms with van der Waals surface area (Å²) in [6.45, 7) is 4.25. The molecule has 0 fully saturated rings. The zero-order chi connectivity index (χ0) is 24.1. The molecule has 34 heavy (non-hydrogen) atoms. The van der Waals surface area contributed by atoms with Gasteiger partial charge in [-0.1, -0.05) is 59.6 Å². The van der Waals surface area contributed by atoms with Crippen molar-refractivity contribution in [3.8, 4) is 0 Å². The van der Waals surface area contributed by atoms with E-state index in [1.807, 2.05) is 49.4 Å². The summed E-state index contributed by atoms with van der Waals surface area (Å²) in [5, 5.41) is 13.1. The van der Waals surface area contributed by atoms with Crippen molar-refractivity contribution in [1.82, 2.24) is 9.78 Å². The smallest absolute Gasteiger partial charge is 0.322 e. The van der Waals surface area contributed by atoms with Crippen LogP contribution >= 0.6 is 11.6 Å². The highest BCUT2D eigenvalue weighted by Crippen LogP contribution is 2.23. The quantitative estimate of drug-likeness (QED) is 0.316. The van der Waals surface area contributed by atoms with Crippen LogP contribution in [0.4, 0.5) is 21.9 Å². The lowest BCUT2D eigenvalue weighted by Gasteiger charge is -2.09. The fraction of sp³-hybridized carbons (Fsp3) is 0.115. The van der Waals surface area contributed by atoms with Crippen molar-refractivity contribution in [2.24, 2.45) is 0 Å². The van der Waals surface area contributed by atoms with Crippen molar-refractivity contribution in [2.45, 2.75) is 20.4 Å². The van der Waals surface area contributed by atoms with Gasteiger partial charge in [-0.15, -0.1) is 0 Å². The van der Waals surface area contributed by atoms with Gasteiger partial charge in [0.1, 0.15) is 5.15 Å². The molecule has 0 saturated carbocycles. The number of carbonyl (C=O) groups excluding carboxylic acids is 2. The van der Waals surface area contributed by atoms with E-state index in [0.29, 0.717) is 34.9 Å². The first-order valence-corrected chi connectivity index (χ1v) is 11.1. The molecule has 172 valence electrons. The van der Waals surface area contributed by atoms with Gasteiger partial charge in [0.05, 0.1) is 17.8 Å². The van der Waals surface area contributed by atoms with Crippen molar-refractivity contribution in [3.63, 3.8) is 0 Å². The minimum absolute atomic E-state index is 0.284. The molecule has 0 unspecified atom stereocenters. The number of nitrogens with one attached hydrogen (secondary N) is 3. The Balaban J connectivity index is 1.39. The Hall–Kier alpha value is -4.10. The third-order valence-electron chi connectivity index (χ3n) is 5.18. The van der Waals surface area contributed by atoms with Gasteiger partial charge < -0.3 is 16.0 Å². The van der Waals surface area contributed by atoms with Gasteiger partial charge in [-0.3, -0.25) is 4.79 Å². The molecular weight excluding hydrogens is 450 g/mol. The van der Waals surface area contributed by atoms with Crippen LogP contribution in [0.25, 0.3) is 0 Å². The number of halogens is 1. The number of aromatic nitrogens is 2. The standard InChI is InChI=1S/C26H24ClN5O2/c1-17-8-10-19(11-9-17)16-32-24(27)23(18(2)31-32)25(33)28-21-12-14-22(15-13-21)30-26(34)29-20-6-4-3-5-7-20/h3-15H,16H2,1-2H3,(H,28,33)(H2,29,30,34). The van der Waals surface area contributed by atoms with Gasteiger partial charge in [0.25, 0.3) is 5.91 Å². The van der Waals surface area contributed by atoms with Crippen LogP contribution in [-0.2, 0) is 6.54 Å². The predicted molar refractivity (Wildman–Crippen MR) is 136 cm³/mol. The average molecular weight is 474 g/mol. The van der Waals surface area contributed by atoms with Gasteiger partial charge in [-0.2, -0.15) is 5.10 Å². The number of rotatable bonds is 6. The molecule has 0 aliphatic heterocycles. The average Bonchev–Trinajstić information content (AvgIpc) is 3.10. The van der Waals surface area contributed by atoms with Crippen LogP contribution in [0.2, 0.25) is 5.15 Å². The van der Waals surface area contributed by atoms with E-state index < -0.39 is 0 Å². The number of urea groups is 1. The van der Waals surface area contributed by atoms with E-state index >= 15 is 0 Å². The lowest BCUT2D eigenvalue weighted by molar-refractivity contribution is 0.102. The molecule has 3 N–H and O–H groups in total. The summed E-state index contributed by atoms with van der Waals surface area (Å²) in [6, 6.07) is 23.7. The van der Waals surface area contributed by atoms with E-state index in [1.165, 1.54) is 5.56 Å². The summed E-state index contributed by atoms with van der Waals surface area (Å²) in [5.41, 5.74) is 4.95. The topological polar surface area (TPSA) is 88.1 Å². The molecule has 4 rings (SSSR count). The first kappa shape index (κ1) is 23.1. The molecule has 4 aromatic rings. The third kappa shape index (κ3) is 5.63. The van der Waals surface area contributed by atoms with Crippen LogP contribution in [-0.4, -0.2) is 21.7 Å². The van der Waals surface area contributed by atoms with Crippen LogP contribution in [0.15, 0.2) is 78.9 Å². The van der Waals surface area contributed by atoms with Crippen LogP contribution in [0.1, 0.15) is 27.2 Å². The number of para-hydroxylation sites is 1. The van der Waals surface area contributed by atoms with Gasteiger partial charge in [0, 0.05) is 17.1 Å². The SMILES string of the molecule is Cc1ccc(Cn2nc(C)c(C(=O)Nc3ccc(NC(=O)Nc4ccccc4)cc3)c2Cl)cc1. The number of nitrogens with zero attached hydrogens (tertiary/aromatic N) is 2. The van der Waals surface area contributed by atoms with E-state index in [1.54, 1.807) is 48.0 Å². The predicted octanol–water partition coefficient (Wildman–Crippen LogP) is 6.10. The summed E-state index contributed by atoms with van der Waals surface area (Å²) in [6.07, 6.45) is 0. The van der Waals surface area contributed by atoms with Crippen molar-refractivity contribution in [3.05, 3.63) is 106 Å². The highest BCUT2D eigenvalue weighted by Gasteiger charge is 2.20. The first-order valence-electron chi connectivity index (χ1n) is 10.7. The molecule has 0 aliphatic carbocycles. The van der Waals surface area contributed by atoms with Crippen molar-refractivity contribution in [1.29, 1.82) is 0 Å². The third-order valence-corrected chi connectivity index (χ3v) is 5.56. The number of amides is 3. The van der Waals surface area contributed by atoms with Crippen LogP contribution in [0.5, 0.6) is 0 Å². The number of carbonyl (C=O) groups is 2. The van der Waals surface area contributed by atoms with Crippen molar-refractivity contribution < 1.29 is 9.59 Å². The minimum Gasteiger partial charge on any atom is -0.322 e. The summed E-state index contributed by atoms with van der Waals surface area (Å²) in [5.74, 6) is -0.347. The normalized spacial score (nSPS) is 10.6. The molecule has 0 aliphatic rings. The Bertz CT molecular complexity index is 1300. The zero-order valence-corrected chi connectivity index (χ0v) is 19.6. The largest absolute Gasteiger partial charge is 0.323 e. The van der Waals surface area contributed by atoms with Crippen molar-refractivity contribution in [2.75, 3.05) is 16.0 Å². The van der Waals surface area contributed by atoms with E-state index in [9.17, 15) is 9.59 Å². The Labute approximate surface area is 202 Å². The molecule has 1 aromatic heterocycles. The second kappa shape index (κ2) is 10.2. The minimum atomic E-state index is -0.355. The lowest BCUT2D eigenvalue weighted by Crippen LogP contribution is -2.19. The lowest BCUT2D eigenvalue weighted by atomic mass is 10.1. The Morgan fingerprint density at radius 3 is 1.97 bits per heavy atom. The van der Waals surface area contributed by atoms with Gasteiger partial charge >= 0.3 is 6.03 Å². The summed E-state index contributed by atoms with van der Waals surface area (Å²) in [4.78, 5) is 25.0. The highest BCUT2D eigenvalue weighted by atomic mass is 35.5. The molecule has 3 amide bonds. The number of hydrogen-bond acceptors (Lipinski definition) is 3. The van der Waals surface area contributed by atoms with E-state index in [0.717, 1.165) is 5.56 Å². The molecule has 0 radical (unpaired) electrons. The fourth-order valence-corrected chi connectivity index (χ4v) is 3.75. The van der Waals surface area contributed by atoms with Crippen LogP contribution < -0.4 is 16.0 Å². The molecule has 0 atom stereocenters. The monoisotopic (exact) mass is 473 g/mol. The summed E-state index contributed by atoms with van der Waals surface area (Å²) in [7, 11) is 0. The molecule has 0 spiro atoms. The second-order valence-electron chi connectivity index (χ2n) is 7.87. The maximum absolute atomic E-state index is 12.9. The molecule has 1 heterocycles. The number of hydrogen-bond donors (Lipinski definition) is 3. The molecule has 7 nitrogen and oxygen atoms in total. The maximum atomic E-state index is 12.9. The van der Waals surface area contributed by atoms with Gasteiger partial charge in [0.15, 0.2) is 0 Å². The molecule has 0 saturated heterocycles. The zero-order valence-electron chi connectivity index (χ0n) is 18.8. The molecule has 0 bridgehead atoms. The maximum Gasteiger partial charge on any atom is 0.323 e. The molecule has 8 heteroatoms. The van der Waals surface area contributed by atoms with E-state index in [2.05, 4.69) is 21.0 Å².